The molecule has 0 amide bonds. The first-order valence-corrected chi connectivity index (χ1v) is 8.64. The number of aromatic nitrogens is 1. The fourth-order valence-corrected chi connectivity index (χ4v) is 4.24. The topological polar surface area (TPSA) is 38.9 Å². The maximum atomic E-state index is 5.88. The second-order valence-corrected chi connectivity index (χ2v) is 7.47. The highest BCUT2D eigenvalue weighted by molar-refractivity contribution is 7.11. The molecule has 0 radical (unpaired) electrons. The lowest BCUT2D eigenvalue weighted by Crippen LogP contribution is -2.12. The van der Waals surface area contributed by atoms with Crippen molar-refractivity contribution in [1.29, 1.82) is 0 Å². The van der Waals surface area contributed by atoms with Crippen LogP contribution in [0.15, 0.2) is 0 Å². The van der Waals surface area contributed by atoms with Crippen LogP contribution in [0.25, 0.3) is 0 Å². The van der Waals surface area contributed by atoms with Crippen LogP contribution in [0.4, 0.5) is 0 Å². The molecule has 0 aromatic carbocycles. The first-order valence-electron chi connectivity index (χ1n) is 7.82. The van der Waals surface area contributed by atoms with Gasteiger partial charge in [0, 0.05) is 17.3 Å². The maximum absolute atomic E-state index is 5.88. The average molecular weight is 280 g/mol. The van der Waals surface area contributed by atoms with Gasteiger partial charge < -0.3 is 5.73 Å². The molecule has 19 heavy (non-hydrogen) atoms. The summed E-state index contributed by atoms with van der Waals surface area (Å²) in [4.78, 5) is 6.25. The maximum Gasteiger partial charge on any atom is 0.0962 e. The van der Waals surface area contributed by atoms with Crippen molar-refractivity contribution >= 4 is 11.3 Å². The predicted octanol–water partition coefficient (Wildman–Crippen LogP) is 4.48. The first-order chi connectivity index (χ1) is 9.13. The van der Waals surface area contributed by atoms with Crippen molar-refractivity contribution < 1.29 is 0 Å². The van der Waals surface area contributed by atoms with Crippen LogP contribution in [0.2, 0.25) is 0 Å². The second kappa shape index (κ2) is 6.85. The Bertz CT molecular complexity index is 389. The highest BCUT2D eigenvalue weighted by Gasteiger charge is 2.24. The molecule has 0 atom stereocenters. The van der Waals surface area contributed by atoms with Gasteiger partial charge in [0.05, 0.1) is 10.7 Å². The molecule has 1 aliphatic carbocycles. The summed E-state index contributed by atoms with van der Waals surface area (Å²) in [6.45, 7) is 7.49. The standard InChI is InChI=1S/C16H28N2S/c1-4-12-5-7-13(8-6-12)16-18-14(9-11(2)3)15(10-17)19-16/h11-13H,4-10,17H2,1-3H3. The average Bonchev–Trinajstić information content (AvgIpc) is 2.81. The molecule has 2 rings (SSSR count). The van der Waals surface area contributed by atoms with Crippen LogP contribution in [0.5, 0.6) is 0 Å². The van der Waals surface area contributed by atoms with Crippen molar-refractivity contribution in [2.45, 2.75) is 71.8 Å². The Kier molecular flexibility index (Phi) is 5.40. The normalized spacial score (nSPS) is 24.1. The zero-order valence-corrected chi connectivity index (χ0v) is 13.4. The van der Waals surface area contributed by atoms with Gasteiger partial charge in [0.2, 0.25) is 0 Å². The van der Waals surface area contributed by atoms with E-state index in [1.807, 2.05) is 11.3 Å². The minimum absolute atomic E-state index is 0.657. The summed E-state index contributed by atoms with van der Waals surface area (Å²) in [6.07, 6.45) is 7.86. The summed E-state index contributed by atoms with van der Waals surface area (Å²) >= 11 is 1.88. The van der Waals surface area contributed by atoms with E-state index in [4.69, 9.17) is 10.7 Å². The van der Waals surface area contributed by atoms with Crippen LogP contribution in [-0.2, 0) is 13.0 Å². The number of thiazole rings is 1. The third-order valence-electron chi connectivity index (χ3n) is 4.36. The number of hydrogen-bond donors (Lipinski definition) is 1. The minimum Gasteiger partial charge on any atom is -0.326 e. The molecule has 1 fully saturated rings. The SMILES string of the molecule is CCC1CCC(c2nc(CC(C)C)c(CN)s2)CC1. The van der Waals surface area contributed by atoms with E-state index in [2.05, 4.69) is 20.8 Å². The Morgan fingerprint density at radius 3 is 2.47 bits per heavy atom. The molecular formula is C16H28N2S. The smallest absolute Gasteiger partial charge is 0.0962 e. The van der Waals surface area contributed by atoms with Crippen molar-refractivity contribution in [2.75, 3.05) is 0 Å². The number of rotatable bonds is 5. The molecular weight excluding hydrogens is 252 g/mol. The van der Waals surface area contributed by atoms with E-state index in [9.17, 15) is 0 Å². The molecule has 0 aliphatic heterocycles. The zero-order chi connectivity index (χ0) is 13.8. The predicted molar refractivity (Wildman–Crippen MR) is 83.5 cm³/mol. The fourth-order valence-electron chi connectivity index (χ4n) is 3.10. The summed E-state index contributed by atoms with van der Waals surface area (Å²) in [5.41, 5.74) is 7.16. The molecule has 0 bridgehead atoms. The van der Waals surface area contributed by atoms with E-state index in [1.54, 1.807) is 0 Å². The molecule has 0 unspecified atom stereocenters. The van der Waals surface area contributed by atoms with Gasteiger partial charge in [0.1, 0.15) is 0 Å². The van der Waals surface area contributed by atoms with Crippen molar-refractivity contribution in [2.24, 2.45) is 17.6 Å². The Balaban J connectivity index is 2.06. The first kappa shape index (κ1) is 15.0. The van der Waals surface area contributed by atoms with Crippen molar-refractivity contribution in [3.63, 3.8) is 0 Å². The Morgan fingerprint density at radius 1 is 1.26 bits per heavy atom. The third kappa shape index (κ3) is 3.79. The van der Waals surface area contributed by atoms with Gasteiger partial charge in [-0.05, 0) is 43.9 Å². The van der Waals surface area contributed by atoms with Gasteiger partial charge in [0.25, 0.3) is 0 Å². The summed E-state index contributed by atoms with van der Waals surface area (Å²) < 4.78 is 0. The van der Waals surface area contributed by atoms with Crippen LogP contribution in [-0.4, -0.2) is 4.98 Å². The Morgan fingerprint density at radius 2 is 1.95 bits per heavy atom. The molecule has 1 aromatic heterocycles. The van der Waals surface area contributed by atoms with Gasteiger partial charge in [-0.1, -0.05) is 27.2 Å². The van der Waals surface area contributed by atoms with Gasteiger partial charge in [0.15, 0.2) is 0 Å². The monoisotopic (exact) mass is 280 g/mol. The van der Waals surface area contributed by atoms with E-state index in [-0.39, 0.29) is 0 Å². The largest absolute Gasteiger partial charge is 0.326 e. The van der Waals surface area contributed by atoms with E-state index in [1.165, 1.54) is 47.7 Å². The molecule has 1 aliphatic rings. The molecule has 2 nitrogen and oxygen atoms in total. The minimum atomic E-state index is 0.657. The molecule has 108 valence electrons. The number of nitrogens with zero attached hydrogens (tertiary/aromatic N) is 1. The summed E-state index contributed by atoms with van der Waals surface area (Å²) in [6, 6.07) is 0. The molecule has 3 heteroatoms. The van der Waals surface area contributed by atoms with Crippen LogP contribution >= 0.6 is 11.3 Å². The van der Waals surface area contributed by atoms with Crippen molar-refractivity contribution in [3.8, 4) is 0 Å². The molecule has 1 heterocycles. The van der Waals surface area contributed by atoms with Crippen LogP contribution in [0.1, 0.15) is 74.4 Å². The number of hydrogen-bond acceptors (Lipinski definition) is 3. The van der Waals surface area contributed by atoms with Gasteiger partial charge in [-0.3, -0.25) is 0 Å². The van der Waals surface area contributed by atoms with Crippen LogP contribution in [0, 0.1) is 11.8 Å². The molecule has 0 spiro atoms. The van der Waals surface area contributed by atoms with Crippen molar-refractivity contribution in [1.82, 2.24) is 4.98 Å². The molecule has 1 saturated carbocycles. The van der Waals surface area contributed by atoms with Crippen LogP contribution < -0.4 is 5.73 Å². The highest BCUT2D eigenvalue weighted by atomic mass is 32.1. The lowest BCUT2D eigenvalue weighted by molar-refractivity contribution is 0.318. The van der Waals surface area contributed by atoms with Gasteiger partial charge in [-0.25, -0.2) is 4.98 Å². The molecule has 2 N–H and O–H groups in total. The van der Waals surface area contributed by atoms with E-state index in [0.29, 0.717) is 18.4 Å². The van der Waals surface area contributed by atoms with Crippen LogP contribution in [0.3, 0.4) is 0 Å². The third-order valence-corrected chi connectivity index (χ3v) is 5.64. The number of nitrogens with two attached hydrogens (primary N) is 1. The molecule has 1 aromatic rings. The summed E-state index contributed by atoms with van der Waals surface area (Å²) in [7, 11) is 0. The van der Waals surface area contributed by atoms with Crippen molar-refractivity contribution in [3.05, 3.63) is 15.6 Å². The highest BCUT2D eigenvalue weighted by Crippen LogP contribution is 2.39. The molecule has 0 saturated heterocycles. The summed E-state index contributed by atoms with van der Waals surface area (Å²) in [5.74, 6) is 2.33. The van der Waals surface area contributed by atoms with E-state index >= 15 is 0 Å². The Hall–Kier alpha value is -0.410. The van der Waals surface area contributed by atoms with Gasteiger partial charge in [-0.2, -0.15) is 0 Å². The Labute approximate surface area is 121 Å². The summed E-state index contributed by atoms with van der Waals surface area (Å²) in [5, 5.41) is 1.37. The van der Waals surface area contributed by atoms with Gasteiger partial charge >= 0.3 is 0 Å². The lowest BCUT2D eigenvalue weighted by atomic mass is 9.81. The lowest BCUT2D eigenvalue weighted by Gasteiger charge is -2.26. The quantitative estimate of drug-likeness (QED) is 0.863. The van der Waals surface area contributed by atoms with E-state index < -0.39 is 0 Å². The van der Waals surface area contributed by atoms with Gasteiger partial charge in [-0.15, -0.1) is 11.3 Å². The fraction of sp³-hybridized carbons (Fsp3) is 0.812. The second-order valence-electron chi connectivity index (χ2n) is 6.35. The zero-order valence-electron chi connectivity index (χ0n) is 12.6. The van der Waals surface area contributed by atoms with E-state index in [0.717, 1.165) is 12.3 Å².